The molecule has 6 heteroatoms. The van der Waals surface area contributed by atoms with Crippen molar-refractivity contribution in [3.8, 4) is 0 Å². The summed E-state index contributed by atoms with van der Waals surface area (Å²) in [7, 11) is 0. The van der Waals surface area contributed by atoms with E-state index in [1.54, 1.807) is 4.57 Å². The largest absolute Gasteiger partial charge is 0.507 e. The third kappa shape index (κ3) is 3.90. The molecule has 0 radical (unpaired) electrons. The van der Waals surface area contributed by atoms with Gasteiger partial charge in [-0.25, -0.2) is 4.99 Å². The number of para-hydroxylation sites is 1. The highest BCUT2D eigenvalue weighted by Gasteiger charge is 2.31. The number of aliphatic hydroxyl groups excluding tert-OH is 1. The number of nitrogens with zero attached hydrogens (tertiary/aromatic N) is 2. The van der Waals surface area contributed by atoms with Gasteiger partial charge in [0.1, 0.15) is 17.5 Å². The minimum atomic E-state index is -0.687. The van der Waals surface area contributed by atoms with E-state index in [1.165, 1.54) is 35.3 Å². The zero-order valence-corrected chi connectivity index (χ0v) is 23.1. The van der Waals surface area contributed by atoms with Crippen molar-refractivity contribution in [1.29, 1.82) is 0 Å². The van der Waals surface area contributed by atoms with Gasteiger partial charge in [-0.1, -0.05) is 84.1 Å². The Labute approximate surface area is 240 Å². The first-order valence-electron chi connectivity index (χ1n) is 14.1. The zero-order valence-electron chi connectivity index (χ0n) is 22.3. The van der Waals surface area contributed by atoms with Crippen LogP contribution in [0.2, 0.25) is 0 Å². The molecule has 1 atom stereocenters. The molecule has 0 spiro atoms. The van der Waals surface area contributed by atoms with E-state index >= 15 is 0 Å². The Morgan fingerprint density at radius 1 is 0.902 bits per heavy atom. The second-order valence-electron chi connectivity index (χ2n) is 10.9. The van der Waals surface area contributed by atoms with Crippen LogP contribution in [0.3, 0.4) is 0 Å². The lowest BCUT2D eigenvalue weighted by molar-refractivity contribution is 0.342. The quantitative estimate of drug-likeness (QED) is 0.266. The number of aromatic nitrogens is 2. The van der Waals surface area contributed by atoms with Crippen LogP contribution >= 0.6 is 11.3 Å². The molecule has 41 heavy (non-hydrogen) atoms. The molecular weight excluding hydrogens is 526 g/mol. The molecule has 1 unspecified atom stereocenters. The number of thiazole rings is 1. The highest BCUT2D eigenvalue weighted by atomic mass is 32.1. The van der Waals surface area contributed by atoms with Crippen molar-refractivity contribution in [2.45, 2.75) is 31.7 Å². The minimum Gasteiger partial charge on any atom is -0.507 e. The van der Waals surface area contributed by atoms with Crippen LogP contribution in [-0.4, -0.2) is 14.7 Å². The predicted octanol–water partition coefficient (Wildman–Crippen LogP) is 6.40. The van der Waals surface area contributed by atoms with Crippen LogP contribution in [-0.2, 0) is 12.8 Å². The van der Waals surface area contributed by atoms with E-state index in [9.17, 15) is 9.90 Å². The molecule has 2 N–H and O–H groups in total. The van der Waals surface area contributed by atoms with Gasteiger partial charge in [0, 0.05) is 28.2 Å². The zero-order chi connectivity index (χ0) is 27.5. The Morgan fingerprint density at radius 2 is 1.68 bits per heavy atom. The minimum absolute atomic E-state index is 0.100. The van der Waals surface area contributed by atoms with Gasteiger partial charge in [-0.3, -0.25) is 9.36 Å². The number of rotatable bonds is 3. The van der Waals surface area contributed by atoms with Crippen LogP contribution in [0, 0.1) is 0 Å². The summed E-state index contributed by atoms with van der Waals surface area (Å²) in [6.07, 6.45) is 8.38. The topological polar surface area (TPSA) is 70.4 Å². The average molecular weight is 554 g/mol. The number of allylic oxidation sites excluding steroid dienone is 1. The maximum absolute atomic E-state index is 14.1. The molecule has 0 saturated heterocycles. The molecule has 0 saturated carbocycles. The highest BCUT2D eigenvalue weighted by Crippen LogP contribution is 2.36. The molecule has 2 aromatic heterocycles. The number of aromatic amines is 1. The Kier molecular flexibility index (Phi) is 5.57. The second kappa shape index (κ2) is 9.46. The second-order valence-corrected chi connectivity index (χ2v) is 11.9. The van der Waals surface area contributed by atoms with Crippen LogP contribution in [0.15, 0.2) is 107 Å². The Morgan fingerprint density at radius 3 is 2.59 bits per heavy atom. The molecule has 0 fully saturated rings. The van der Waals surface area contributed by atoms with Gasteiger partial charge in [-0.05, 0) is 71.4 Å². The number of benzene rings is 4. The van der Waals surface area contributed by atoms with Crippen molar-refractivity contribution in [1.82, 2.24) is 9.55 Å². The third-order valence-corrected chi connectivity index (χ3v) is 9.43. The average Bonchev–Trinajstić information content (AvgIpc) is 3.57. The number of H-pyrrole nitrogens is 1. The molecule has 4 aromatic carbocycles. The van der Waals surface area contributed by atoms with Gasteiger partial charge in [0.2, 0.25) is 0 Å². The summed E-state index contributed by atoms with van der Waals surface area (Å²) in [6.45, 7) is 0. The van der Waals surface area contributed by atoms with Gasteiger partial charge in [0.15, 0.2) is 4.80 Å². The fraction of sp³-hybridized carbons (Fsp3) is 0.143. The lowest BCUT2D eigenvalue weighted by Gasteiger charge is -2.25. The molecule has 3 heterocycles. The van der Waals surface area contributed by atoms with Crippen LogP contribution < -0.4 is 14.9 Å². The first-order chi connectivity index (χ1) is 20.2. The fourth-order valence-corrected chi connectivity index (χ4v) is 7.41. The summed E-state index contributed by atoms with van der Waals surface area (Å²) in [4.78, 5) is 23.0. The van der Waals surface area contributed by atoms with E-state index in [0.29, 0.717) is 15.0 Å². The SMILES string of the molecule is O=c1/c(=C/c2c[nH]c3ccccc23)sc2n1C(c1cccc3ccccc13)C(O)=C(c1ccc3c(c1)CCCC3)N=2. The van der Waals surface area contributed by atoms with Gasteiger partial charge in [0.05, 0.1) is 4.53 Å². The Balaban J connectivity index is 1.39. The van der Waals surface area contributed by atoms with Crippen LogP contribution in [0.1, 0.15) is 46.7 Å². The van der Waals surface area contributed by atoms with E-state index < -0.39 is 6.04 Å². The van der Waals surface area contributed by atoms with Crippen molar-refractivity contribution < 1.29 is 5.11 Å². The number of fused-ring (bicyclic) bond motifs is 4. The standard InChI is InChI=1S/C35H27N3O2S/c39-33-31(24-17-16-21-8-1-2-10-23(21)18-24)37-35-38(32(33)28-14-7-11-22-9-3-4-12-26(22)28)34(40)30(41-35)19-25-20-36-29-15-6-5-13-27(25)29/h3-7,9,11-20,32,36,39H,1-2,8,10H2/b30-19-. The van der Waals surface area contributed by atoms with Crippen LogP contribution in [0.4, 0.5) is 0 Å². The number of hydrogen-bond acceptors (Lipinski definition) is 4. The number of nitrogens with one attached hydrogen (secondary N) is 1. The molecular formula is C35H27N3O2S. The molecule has 1 aliphatic heterocycles. The third-order valence-electron chi connectivity index (χ3n) is 8.45. The highest BCUT2D eigenvalue weighted by molar-refractivity contribution is 7.07. The van der Waals surface area contributed by atoms with Crippen LogP contribution in [0.5, 0.6) is 0 Å². The summed E-state index contributed by atoms with van der Waals surface area (Å²) >= 11 is 1.37. The number of aliphatic hydroxyl groups is 1. The summed E-state index contributed by atoms with van der Waals surface area (Å²) in [5.74, 6) is 0.100. The first-order valence-corrected chi connectivity index (χ1v) is 14.9. The lowest BCUT2D eigenvalue weighted by atomic mass is 9.89. The van der Waals surface area contributed by atoms with Crippen molar-refractivity contribution in [3.05, 3.63) is 144 Å². The smallest absolute Gasteiger partial charge is 0.271 e. The van der Waals surface area contributed by atoms with Crippen molar-refractivity contribution in [2.75, 3.05) is 0 Å². The maximum Gasteiger partial charge on any atom is 0.271 e. The van der Waals surface area contributed by atoms with Crippen molar-refractivity contribution in [2.24, 2.45) is 4.99 Å². The normalized spacial score (nSPS) is 17.1. The van der Waals surface area contributed by atoms with E-state index in [4.69, 9.17) is 4.99 Å². The number of hydrogen-bond donors (Lipinski definition) is 2. The molecule has 0 bridgehead atoms. The fourth-order valence-electron chi connectivity index (χ4n) is 6.42. The first kappa shape index (κ1) is 24.1. The molecule has 5 nitrogen and oxygen atoms in total. The van der Waals surface area contributed by atoms with Crippen molar-refractivity contribution >= 4 is 44.8 Å². The van der Waals surface area contributed by atoms with E-state index in [0.717, 1.165) is 51.2 Å². The van der Waals surface area contributed by atoms with Crippen LogP contribution in [0.25, 0.3) is 33.4 Å². The molecule has 200 valence electrons. The lowest BCUT2D eigenvalue weighted by Crippen LogP contribution is -2.38. The molecule has 2 aliphatic rings. The molecule has 0 amide bonds. The van der Waals surface area contributed by atoms with E-state index in [1.807, 2.05) is 60.8 Å². The van der Waals surface area contributed by atoms with Gasteiger partial charge < -0.3 is 10.1 Å². The maximum atomic E-state index is 14.1. The Bertz CT molecular complexity index is 2210. The van der Waals surface area contributed by atoms with Gasteiger partial charge >= 0.3 is 0 Å². The molecule has 1 aliphatic carbocycles. The van der Waals surface area contributed by atoms with Gasteiger partial charge in [0.25, 0.3) is 5.56 Å². The number of aryl methyl sites for hydroxylation is 2. The monoisotopic (exact) mass is 553 g/mol. The molecule has 8 rings (SSSR count). The summed E-state index contributed by atoms with van der Waals surface area (Å²) < 4.78 is 2.25. The molecule has 6 aromatic rings. The summed E-state index contributed by atoms with van der Waals surface area (Å²) in [6, 6.07) is 28.0. The summed E-state index contributed by atoms with van der Waals surface area (Å²) in [5, 5.41) is 15.1. The van der Waals surface area contributed by atoms with Crippen molar-refractivity contribution in [3.63, 3.8) is 0 Å². The predicted molar refractivity (Wildman–Crippen MR) is 166 cm³/mol. The van der Waals surface area contributed by atoms with E-state index in [-0.39, 0.29) is 11.3 Å². The summed E-state index contributed by atoms with van der Waals surface area (Å²) in [5.41, 5.74) is 6.83. The van der Waals surface area contributed by atoms with E-state index in [2.05, 4.69) is 41.4 Å². The van der Waals surface area contributed by atoms with Gasteiger partial charge in [-0.2, -0.15) is 0 Å². The van der Waals surface area contributed by atoms with Gasteiger partial charge in [-0.15, -0.1) is 0 Å². The Hall–Kier alpha value is -4.68.